The molecule has 0 saturated carbocycles. The Morgan fingerprint density at radius 1 is 1.06 bits per heavy atom. The van der Waals surface area contributed by atoms with Crippen LogP contribution < -0.4 is 9.62 Å². The number of sulfonamides is 1. The van der Waals surface area contributed by atoms with Crippen LogP contribution in [0.25, 0.3) is 0 Å². The van der Waals surface area contributed by atoms with Crippen molar-refractivity contribution >= 4 is 50.7 Å². The van der Waals surface area contributed by atoms with Crippen LogP contribution in [-0.2, 0) is 26.2 Å². The molecule has 36 heavy (non-hydrogen) atoms. The van der Waals surface area contributed by atoms with E-state index in [2.05, 4.69) is 5.32 Å². The molecule has 0 unspecified atom stereocenters. The molecule has 0 spiro atoms. The van der Waals surface area contributed by atoms with Gasteiger partial charge in [0, 0.05) is 28.7 Å². The van der Waals surface area contributed by atoms with Gasteiger partial charge in [-0.2, -0.15) is 0 Å². The van der Waals surface area contributed by atoms with E-state index in [1.54, 1.807) is 38.1 Å². The Bertz CT molecular complexity index is 1170. The molecule has 2 aromatic rings. The number of hydrogen-bond acceptors (Lipinski definition) is 4. The van der Waals surface area contributed by atoms with E-state index in [1.807, 2.05) is 26.0 Å². The van der Waals surface area contributed by atoms with Gasteiger partial charge in [0.25, 0.3) is 0 Å². The first kappa shape index (κ1) is 29.9. The van der Waals surface area contributed by atoms with Crippen molar-refractivity contribution in [2.24, 2.45) is 0 Å². The highest BCUT2D eigenvalue weighted by Crippen LogP contribution is 2.28. The topological polar surface area (TPSA) is 86.8 Å². The zero-order valence-electron chi connectivity index (χ0n) is 21.5. The smallest absolute Gasteiger partial charge is 0.244 e. The minimum atomic E-state index is -3.81. The molecule has 0 aliphatic heterocycles. The fraction of sp³-hybridized carbons (Fsp3) is 0.462. The maximum absolute atomic E-state index is 13.8. The van der Waals surface area contributed by atoms with Crippen molar-refractivity contribution in [3.05, 3.63) is 63.1 Å². The van der Waals surface area contributed by atoms with Gasteiger partial charge < -0.3 is 10.2 Å². The summed E-state index contributed by atoms with van der Waals surface area (Å²) >= 11 is 12.8. The summed E-state index contributed by atoms with van der Waals surface area (Å²) in [5.41, 5.74) is 2.48. The van der Waals surface area contributed by atoms with Gasteiger partial charge in [0.05, 0.1) is 11.9 Å². The van der Waals surface area contributed by atoms with Crippen LogP contribution in [0.4, 0.5) is 5.69 Å². The normalized spacial score (nSPS) is 12.2. The maximum Gasteiger partial charge on any atom is 0.244 e. The molecule has 0 bridgehead atoms. The predicted octanol–water partition coefficient (Wildman–Crippen LogP) is 5.10. The number of nitrogens with zero attached hydrogens (tertiary/aromatic N) is 2. The van der Waals surface area contributed by atoms with Crippen molar-refractivity contribution in [2.75, 3.05) is 23.7 Å². The van der Waals surface area contributed by atoms with Gasteiger partial charge in [0.1, 0.15) is 12.6 Å². The Morgan fingerprint density at radius 3 is 2.25 bits per heavy atom. The highest BCUT2D eigenvalue weighted by molar-refractivity contribution is 7.92. The largest absolute Gasteiger partial charge is 0.354 e. The van der Waals surface area contributed by atoms with Gasteiger partial charge in [-0.3, -0.25) is 13.9 Å². The number of nitrogens with one attached hydrogen (secondary N) is 1. The number of carbonyl (C=O) groups excluding carboxylic acids is 2. The van der Waals surface area contributed by atoms with Crippen LogP contribution in [0.5, 0.6) is 0 Å². The van der Waals surface area contributed by atoms with E-state index in [-0.39, 0.29) is 12.5 Å². The van der Waals surface area contributed by atoms with Crippen molar-refractivity contribution in [1.29, 1.82) is 0 Å². The van der Waals surface area contributed by atoms with Crippen molar-refractivity contribution in [3.8, 4) is 0 Å². The molecule has 10 heteroatoms. The van der Waals surface area contributed by atoms with Gasteiger partial charge in [-0.05, 0) is 56.0 Å². The number of anilines is 1. The van der Waals surface area contributed by atoms with Gasteiger partial charge in [-0.1, -0.05) is 61.7 Å². The van der Waals surface area contributed by atoms with Crippen LogP contribution in [0.2, 0.25) is 10.0 Å². The summed E-state index contributed by atoms with van der Waals surface area (Å²) in [7, 11) is -3.81. The molecule has 0 radical (unpaired) electrons. The molecule has 0 aliphatic rings. The molecule has 0 aliphatic carbocycles. The fourth-order valence-corrected chi connectivity index (χ4v) is 5.28. The molecule has 7 nitrogen and oxygen atoms in total. The third-order valence-electron chi connectivity index (χ3n) is 5.92. The van der Waals surface area contributed by atoms with Crippen molar-refractivity contribution < 1.29 is 18.0 Å². The molecule has 2 rings (SSSR count). The Kier molecular flexibility index (Phi) is 11.1. The third kappa shape index (κ3) is 7.85. The Labute approximate surface area is 224 Å². The highest BCUT2D eigenvalue weighted by Gasteiger charge is 2.32. The second-order valence-corrected chi connectivity index (χ2v) is 11.6. The maximum atomic E-state index is 13.8. The van der Waals surface area contributed by atoms with Gasteiger partial charge in [0.2, 0.25) is 21.8 Å². The second-order valence-electron chi connectivity index (χ2n) is 8.85. The van der Waals surface area contributed by atoms with E-state index >= 15 is 0 Å². The summed E-state index contributed by atoms with van der Waals surface area (Å²) in [5, 5.41) is 3.60. The molecule has 1 N–H and O–H groups in total. The average Bonchev–Trinajstić information content (AvgIpc) is 2.80. The standard InChI is InChI=1S/C26H35Cl2N3O4S/c1-6-8-14-29-26(33)23(7-2)30(16-20-21(27)10-9-11-22(20)28)25(32)17-31(36(5,34)35)24-15-18(3)12-13-19(24)4/h9-13,15,23H,6-8,14,16-17H2,1-5H3,(H,29,33)/t23-/m1/s1. The number of benzene rings is 2. The molecule has 198 valence electrons. The Morgan fingerprint density at radius 2 is 1.69 bits per heavy atom. The zero-order valence-corrected chi connectivity index (χ0v) is 23.8. The summed E-state index contributed by atoms with van der Waals surface area (Å²) in [6.07, 6.45) is 3.11. The summed E-state index contributed by atoms with van der Waals surface area (Å²) < 4.78 is 26.7. The number of amides is 2. The van der Waals surface area contributed by atoms with Crippen LogP contribution in [0.3, 0.4) is 0 Å². The lowest BCUT2D eigenvalue weighted by molar-refractivity contribution is -0.140. The van der Waals surface area contributed by atoms with E-state index in [4.69, 9.17) is 23.2 Å². The number of aryl methyl sites for hydroxylation is 2. The van der Waals surface area contributed by atoms with Crippen molar-refractivity contribution in [1.82, 2.24) is 10.2 Å². The molecule has 0 fully saturated rings. The highest BCUT2D eigenvalue weighted by atomic mass is 35.5. The minimum Gasteiger partial charge on any atom is -0.354 e. The van der Waals surface area contributed by atoms with Crippen LogP contribution in [0.15, 0.2) is 36.4 Å². The lowest BCUT2D eigenvalue weighted by atomic mass is 10.1. The molecule has 1 atom stereocenters. The lowest BCUT2D eigenvalue weighted by Gasteiger charge is -2.33. The fourth-order valence-electron chi connectivity index (χ4n) is 3.86. The third-order valence-corrected chi connectivity index (χ3v) is 7.75. The SMILES string of the molecule is CCCCNC(=O)[C@@H](CC)N(Cc1c(Cl)cccc1Cl)C(=O)CN(c1cc(C)ccc1C)S(C)(=O)=O. The van der Waals surface area contributed by atoms with Crippen LogP contribution in [0.1, 0.15) is 49.8 Å². The second kappa shape index (κ2) is 13.3. The molecule has 2 aromatic carbocycles. The summed E-state index contributed by atoms with van der Waals surface area (Å²) in [4.78, 5) is 28.3. The quantitative estimate of drug-likeness (QED) is 0.369. The van der Waals surface area contributed by atoms with E-state index in [1.165, 1.54) is 4.90 Å². The number of hydrogen-bond donors (Lipinski definition) is 1. The van der Waals surface area contributed by atoms with Crippen molar-refractivity contribution in [2.45, 2.75) is 59.5 Å². The van der Waals surface area contributed by atoms with Gasteiger partial charge in [-0.15, -0.1) is 0 Å². The van der Waals surface area contributed by atoms with E-state index in [0.29, 0.717) is 39.8 Å². The number of halogens is 2. The molecule has 0 saturated heterocycles. The average molecular weight is 557 g/mol. The van der Waals surface area contributed by atoms with Crippen LogP contribution in [-0.4, -0.2) is 50.5 Å². The summed E-state index contributed by atoms with van der Waals surface area (Å²) in [5.74, 6) is -0.838. The molecule has 0 heterocycles. The molecular weight excluding hydrogens is 521 g/mol. The molecular formula is C26H35Cl2N3O4S. The lowest BCUT2D eigenvalue weighted by Crippen LogP contribution is -2.52. The number of unbranched alkanes of at least 4 members (excludes halogenated alkanes) is 1. The van der Waals surface area contributed by atoms with Gasteiger partial charge in [0.15, 0.2) is 0 Å². The monoisotopic (exact) mass is 555 g/mol. The van der Waals surface area contributed by atoms with E-state index in [0.717, 1.165) is 29.0 Å². The van der Waals surface area contributed by atoms with E-state index < -0.39 is 28.5 Å². The zero-order chi connectivity index (χ0) is 27.0. The first-order valence-electron chi connectivity index (χ1n) is 12.0. The first-order valence-corrected chi connectivity index (χ1v) is 14.6. The van der Waals surface area contributed by atoms with Crippen LogP contribution in [0, 0.1) is 13.8 Å². The Hall–Kier alpha value is -2.29. The van der Waals surface area contributed by atoms with Crippen molar-refractivity contribution in [3.63, 3.8) is 0 Å². The summed E-state index contributed by atoms with van der Waals surface area (Å²) in [6, 6.07) is 9.60. The number of rotatable bonds is 12. The van der Waals surface area contributed by atoms with Gasteiger partial charge >= 0.3 is 0 Å². The van der Waals surface area contributed by atoms with Gasteiger partial charge in [-0.25, -0.2) is 8.42 Å². The van der Waals surface area contributed by atoms with E-state index in [9.17, 15) is 18.0 Å². The Balaban J connectivity index is 2.51. The minimum absolute atomic E-state index is 0.0402. The first-order chi connectivity index (χ1) is 16.9. The molecule has 0 aromatic heterocycles. The number of carbonyl (C=O) groups is 2. The summed E-state index contributed by atoms with van der Waals surface area (Å²) in [6.45, 7) is 7.44. The predicted molar refractivity (Wildman–Crippen MR) is 147 cm³/mol. The molecule has 2 amide bonds. The van der Waals surface area contributed by atoms with Crippen LogP contribution >= 0.6 is 23.2 Å².